The fourth-order valence-electron chi connectivity index (χ4n) is 4.67. The maximum atomic E-state index is 11.9. The molecule has 6 nitrogen and oxygen atoms in total. The van der Waals surface area contributed by atoms with Crippen molar-refractivity contribution in [3.8, 4) is 0 Å². The standard InChI is InChI=1S/C21H29ClN4O2S/c1-2-14-29(27,28)24-12-13-26-15-16-8-11-23-20(19(16)25-26)21(9-3-10-21)17-4-6-18(22)7-5-17/h4-7,15,20,23-24H,2-3,8-14H2,1H3. The molecule has 1 unspecified atom stereocenters. The molecular formula is C21H29ClN4O2S. The number of aromatic nitrogens is 2. The molecule has 1 aromatic heterocycles. The molecule has 1 fully saturated rings. The van der Waals surface area contributed by atoms with E-state index in [9.17, 15) is 8.42 Å². The topological polar surface area (TPSA) is 76.0 Å². The van der Waals surface area contributed by atoms with Crippen molar-refractivity contribution in [3.63, 3.8) is 0 Å². The Balaban J connectivity index is 1.53. The summed E-state index contributed by atoms with van der Waals surface area (Å²) in [5, 5.41) is 9.36. The Kier molecular flexibility index (Phi) is 6.02. The smallest absolute Gasteiger partial charge is 0.211 e. The number of nitrogens with one attached hydrogen (secondary N) is 2. The minimum atomic E-state index is -3.19. The molecular weight excluding hydrogens is 408 g/mol. The minimum absolute atomic E-state index is 0.0572. The molecule has 0 bridgehead atoms. The van der Waals surface area contributed by atoms with Gasteiger partial charge in [0.05, 0.1) is 24.0 Å². The highest BCUT2D eigenvalue weighted by molar-refractivity contribution is 7.89. The highest BCUT2D eigenvalue weighted by Crippen LogP contribution is 2.53. The van der Waals surface area contributed by atoms with E-state index in [2.05, 4.69) is 28.4 Å². The number of benzene rings is 1. The van der Waals surface area contributed by atoms with Crippen molar-refractivity contribution in [3.05, 3.63) is 52.3 Å². The number of sulfonamides is 1. The predicted molar refractivity (Wildman–Crippen MR) is 116 cm³/mol. The molecule has 1 aromatic carbocycles. The molecule has 1 aliphatic carbocycles. The van der Waals surface area contributed by atoms with Crippen LogP contribution in [-0.2, 0) is 28.4 Å². The number of hydrogen-bond donors (Lipinski definition) is 2. The SMILES string of the molecule is CCCS(=O)(=O)NCCn1cc2c(n1)C(C1(c3ccc(Cl)cc3)CCC1)NCC2. The van der Waals surface area contributed by atoms with Crippen LogP contribution in [-0.4, -0.2) is 37.0 Å². The van der Waals surface area contributed by atoms with E-state index >= 15 is 0 Å². The molecule has 1 aliphatic heterocycles. The van der Waals surface area contributed by atoms with Crippen LogP contribution in [0.3, 0.4) is 0 Å². The molecule has 0 radical (unpaired) electrons. The summed E-state index contributed by atoms with van der Waals surface area (Å²) in [6, 6.07) is 8.43. The van der Waals surface area contributed by atoms with E-state index in [0.717, 1.165) is 36.5 Å². The van der Waals surface area contributed by atoms with Gasteiger partial charge in [0.25, 0.3) is 0 Å². The second kappa shape index (κ2) is 8.38. The lowest BCUT2D eigenvalue weighted by molar-refractivity contribution is 0.161. The Labute approximate surface area is 178 Å². The van der Waals surface area contributed by atoms with Crippen LogP contribution in [0.5, 0.6) is 0 Å². The Morgan fingerprint density at radius 3 is 2.72 bits per heavy atom. The van der Waals surface area contributed by atoms with Crippen LogP contribution in [0.15, 0.2) is 30.5 Å². The number of nitrogens with zero attached hydrogens (tertiary/aromatic N) is 2. The van der Waals surface area contributed by atoms with Gasteiger partial charge in [0, 0.05) is 23.2 Å². The summed E-state index contributed by atoms with van der Waals surface area (Å²) in [4.78, 5) is 0. The number of halogens is 1. The van der Waals surface area contributed by atoms with Crippen LogP contribution in [0.2, 0.25) is 5.02 Å². The van der Waals surface area contributed by atoms with Gasteiger partial charge < -0.3 is 5.32 Å². The second-order valence-electron chi connectivity index (χ2n) is 8.17. The van der Waals surface area contributed by atoms with E-state index in [1.807, 2.05) is 23.7 Å². The average molecular weight is 437 g/mol. The first-order valence-electron chi connectivity index (χ1n) is 10.5. The van der Waals surface area contributed by atoms with Crippen molar-refractivity contribution >= 4 is 21.6 Å². The molecule has 158 valence electrons. The zero-order chi connectivity index (χ0) is 20.5. The maximum absolute atomic E-state index is 11.9. The maximum Gasteiger partial charge on any atom is 0.211 e. The zero-order valence-electron chi connectivity index (χ0n) is 16.8. The Morgan fingerprint density at radius 2 is 2.07 bits per heavy atom. The van der Waals surface area contributed by atoms with Crippen LogP contribution in [0.25, 0.3) is 0 Å². The molecule has 2 N–H and O–H groups in total. The van der Waals surface area contributed by atoms with Crippen LogP contribution in [0, 0.1) is 0 Å². The van der Waals surface area contributed by atoms with Gasteiger partial charge in [-0.3, -0.25) is 4.68 Å². The summed E-state index contributed by atoms with van der Waals surface area (Å²) < 4.78 is 28.3. The summed E-state index contributed by atoms with van der Waals surface area (Å²) >= 11 is 6.11. The van der Waals surface area contributed by atoms with Crippen molar-refractivity contribution in [2.24, 2.45) is 0 Å². The summed E-state index contributed by atoms with van der Waals surface area (Å²) in [5.74, 6) is 0.165. The van der Waals surface area contributed by atoms with Gasteiger partial charge in [0.15, 0.2) is 0 Å². The molecule has 2 heterocycles. The van der Waals surface area contributed by atoms with E-state index in [4.69, 9.17) is 16.7 Å². The molecule has 1 atom stereocenters. The van der Waals surface area contributed by atoms with Crippen molar-refractivity contribution in [1.82, 2.24) is 19.8 Å². The third-order valence-electron chi connectivity index (χ3n) is 6.24. The lowest BCUT2D eigenvalue weighted by atomic mass is 9.58. The van der Waals surface area contributed by atoms with E-state index in [0.29, 0.717) is 19.5 Å². The van der Waals surface area contributed by atoms with Crippen molar-refractivity contribution in [2.45, 2.75) is 57.0 Å². The van der Waals surface area contributed by atoms with Gasteiger partial charge in [-0.2, -0.15) is 5.10 Å². The predicted octanol–water partition coefficient (Wildman–Crippen LogP) is 3.17. The summed E-state index contributed by atoms with van der Waals surface area (Å²) in [6.45, 7) is 3.70. The molecule has 0 saturated heterocycles. The van der Waals surface area contributed by atoms with Crippen molar-refractivity contribution in [1.29, 1.82) is 0 Å². The Hall–Kier alpha value is -1.41. The van der Waals surface area contributed by atoms with Gasteiger partial charge in [0.2, 0.25) is 10.0 Å². The van der Waals surface area contributed by atoms with Crippen LogP contribution < -0.4 is 10.0 Å². The summed E-state index contributed by atoms with van der Waals surface area (Å²) in [5.41, 5.74) is 3.76. The lowest BCUT2D eigenvalue weighted by Crippen LogP contribution is -2.49. The molecule has 1 saturated carbocycles. The highest BCUT2D eigenvalue weighted by Gasteiger charge is 2.48. The van der Waals surface area contributed by atoms with Crippen LogP contribution in [0.1, 0.15) is 55.5 Å². The molecule has 0 amide bonds. The Morgan fingerprint density at radius 1 is 1.31 bits per heavy atom. The lowest BCUT2D eigenvalue weighted by Gasteiger charge is -2.49. The van der Waals surface area contributed by atoms with Gasteiger partial charge in [-0.15, -0.1) is 0 Å². The second-order valence-corrected chi connectivity index (χ2v) is 10.5. The molecule has 2 aromatic rings. The van der Waals surface area contributed by atoms with Crippen molar-refractivity contribution in [2.75, 3.05) is 18.8 Å². The highest BCUT2D eigenvalue weighted by atomic mass is 35.5. The largest absolute Gasteiger partial charge is 0.307 e. The van der Waals surface area contributed by atoms with E-state index < -0.39 is 10.0 Å². The molecule has 4 rings (SSSR count). The normalized spacial score (nSPS) is 20.8. The monoisotopic (exact) mass is 436 g/mol. The third-order valence-corrected chi connectivity index (χ3v) is 8.08. The van der Waals surface area contributed by atoms with Crippen molar-refractivity contribution < 1.29 is 8.42 Å². The summed E-state index contributed by atoms with van der Waals surface area (Å²) in [7, 11) is -3.19. The van der Waals surface area contributed by atoms with Crippen LogP contribution >= 0.6 is 11.6 Å². The number of hydrogen-bond acceptors (Lipinski definition) is 4. The van der Waals surface area contributed by atoms with Crippen LogP contribution in [0.4, 0.5) is 0 Å². The fraction of sp³-hybridized carbons (Fsp3) is 0.571. The quantitative estimate of drug-likeness (QED) is 0.666. The Bertz CT molecular complexity index is 952. The van der Waals surface area contributed by atoms with E-state index in [-0.39, 0.29) is 17.2 Å². The number of rotatable bonds is 8. The summed E-state index contributed by atoms with van der Waals surface area (Å²) in [6.07, 6.45) is 7.14. The van der Waals surface area contributed by atoms with E-state index in [1.54, 1.807) is 0 Å². The van der Waals surface area contributed by atoms with E-state index in [1.165, 1.54) is 17.5 Å². The van der Waals surface area contributed by atoms with Gasteiger partial charge in [-0.1, -0.05) is 37.1 Å². The molecule has 29 heavy (non-hydrogen) atoms. The first kappa shape index (κ1) is 20.8. The van der Waals surface area contributed by atoms with Gasteiger partial charge in [0.1, 0.15) is 0 Å². The van der Waals surface area contributed by atoms with Gasteiger partial charge in [-0.25, -0.2) is 13.1 Å². The number of fused-ring (bicyclic) bond motifs is 1. The fourth-order valence-corrected chi connectivity index (χ4v) is 5.88. The first-order chi connectivity index (χ1) is 13.9. The van der Waals surface area contributed by atoms with Gasteiger partial charge >= 0.3 is 0 Å². The average Bonchev–Trinajstić information content (AvgIpc) is 3.05. The third kappa shape index (κ3) is 4.24. The molecule has 0 spiro atoms. The first-order valence-corrected chi connectivity index (χ1v) is 12.5. The zero-order valence-corrected chi connectivity index (χ0v) is 18.4. The molecule has 2 aliphatic rings. The molecule has 8 heteroatoms. The minimum Gasteiger partial charge on any atom is -0.307 e. The van der Waals surface area contributed by atoms with Gasteiger partial charge in [-0.05, 0) is 55.5 Å².